The number of rotatable bonds is 4. The quantitative estimate of drug-likeness (QED) is 0.780. The third kappa shape index (κ3) is 3.84. The summed E-state index contributed by atoms with van der Waals surface area (Å²) in [6, 6.07) is 4.56. The normalized spacial score (nSPS) is 19.3. The van der Waals surface area contributed by atoms with Crippen molar-refractivity contribution in [3.8, 4) is 5.75 Å². The third-order valence-corrected chi connectivity index (χ3v) is 4.17. The average molecular weight is 355 g/mol. The van der Waals surface area contributed by atoms with Crippen LogP contribution in [0.2, 0.25) is 0 Å². The molecule has 3 rings (SSSR count). The molecule has 0 saturated carbocycles. The van der Waals surface area contributed by atoms with E-state index in [-0.39, 0.29) is 12.5 Å². The van der Waals surface area contributed by atoms with Crippen LogP contribution in [0, 0.1) is 5.92 Å². The van der Waals surface area contributed by atoms with E-state index in [9.17, 15) is 22.8 Å². The van der Waals surface area contributed by atoms with E-state index in [0.29, 0.717) is 13.2 Å². The zero-order valence-corrected chi connectivity index (χ0v) is 13.2. The predicted molar refractivity (Wildman–Crippen MR) is 80.4 cm³/mol. The number of para-hydroxylation sites is 1. The fourth-order valence-corrected chi connectivity index (χ4v) is 2.83. The first-order valence-electron chi connectivity index (χ1n) is 7.85. The molecule has 2 heterocycles. The number of halogens is 3. The number of carbonyl (C=O) groups excluding carboxylic acids is 2. The fourth-order valence-electron chi connectivity index (χ4n) is 2.83. The second kappa shape index (κ2) is 6.87. The molecule has 1 aromatic carbocycles. The summed E-state index contributed by atoms with van der Waals surface area (Å²) in [6.45, 7) is 1.35. The van der Waals surface area contributed by atoms with Gasteiger partial charge in [-0.25, -0.2) is 0 Å². The molecule has 8 heteroatoms. The van der Waals surface area contributed by atoms with Crippen molar-refractivity contribution in [3.05, 3.63) is 41.7 Å². The van der Waals surface area contributed by atoms with E-state index in [1.54, 1.807) is 0 Å². The molecule has 1 saturated heterocycles. The van der Waals surface area contributed by atoms with Crippen LogP contribution < -0.4 is 4.74 Å². The van der Waals surface area contributed by atoms with E-state index in [4.69, 9.17) is 9.47 Å². The van der Waals surface area contributed by atoms with Gasteiger partial charge in [-0.15, -0.1) is 0 Å². The molecule has 2 aliphatic heterocycles. The van der Waals surface area contributed by atoms with Crippen LogP contribution >= 0.6 is 0 Å². The van der Waals surface area contributed by atoms with Gasteiger partial charge in [0.15, 0.2) is 5.76 Å². The molecule has 0 unspecified atom stereocenters. The highest BCUT2D eigenvalue weighted by Gasteiger charge is 2.38. The minimum absolute atomic E-state index is 0.122. The largest absolute Gasteiger partial charge is 0.451 e. The lowest BCUT2D eigenvalue weighted by atomic mass is 10.00. The molecule has 1 fully saturated rings. The van der Waals surface area contributed by atoms with Crippen LogP contribution in [-0.4, -0.2) is 36.5 Å². The Kier molecular flexibility index (Phi) is 4.80. The lowest BCUT2D eigenvalue weighted by molar-refractivity contribution is -0.141. The monoisotopic (exact) mass is 355 g/mol. The van der Waals surface area contributed by atoms with Gasteiger partial charge in [-0.3, -0.25) is 14.5 Å². The molecule has 0 aliphatic carbocycles. The molecule has 0 aromatic heterocycles. The van der Waals surface area contributed by atoms with Gasteiger partial charge in [0.25, 0.3) is 11.8 Å². The standard InChI is InChI=1S/C17H16F3NO4/c18-17(19,20)12-3-1-2-4-13(12)25-14-9-15(22)21(16(14)23)10-11-5-7-24-8-6-11/h1-4,9,11H,5-8,10H2. The number of amides is 2. The van der Waals surface area contributed by atoms with Crippen LogP contribution in [0.5, 0.6) is 5.75 Å². The number of alkyl halides is 3. The molecule has 0 radical (unpaired) electrons. The Hall–Kier alpha value is -2.35. The second-order valence-electron chi connectivity index (χ2n) is 5.91. The van der Waals surface area contributed by atoms with Crippen LogP contribution in [0.25, 0.3) is 0 Å². The summed E-state index contributed by atoms with van der Waals surface area (Å²) in [6.07, 6.45) is -2.23. The van der Waals surface area contributed by atoms with Gasteiger partial charge in [0, 0.05) is 19.8 Å². The Morgan fingerprint density at radius 3 is 2.52 bits per heavy atom. The Morgan fingerprint density at radius 2 is 1.84 bits per heavy atom. The highest BCUT2D eigenvalue weighted by molar-refractivity contribution is 6.15. The fraction of sp³-hybridized carbons (Fsp3) is 0.412. The molecule has 0 spiro atoms. The Morgan fingerprint density at radius 1 is 1.16 bits per heavy atom. The summed E-state index contributed by atoms with van der Waals surface area (Å²) in [4.78, 5) is 25.4. The van der Waals surface area contributed by atoms with E-state index in [2.05, 4.69) is 0 Å². The van der Waals surface area contributed by atoms with Crippen LogP contribution in [0.4, 0.5) is 13.2 Å². The molecular formula is C17H16F3NO4. The lowest BCUT2D eigenvalue weighted by Gasteiger charge is -2.26. The van der Waals surface area contributed by atoms with Crippen molar-refractivity contribution < 1.29 is 32.2 Å². The first-order valence-corrected chi connectivity index (χ1v) is 7.85. The van der Waals surface area contributed by atoms with E-state index < -0.39 is 35.1 Å². The van der Waals surface area contributed by atoms with E-state index in [1.165, 1.54) is 12.1 Å². The number of hydrogen-bond donors (Lipinski definition) is 0. The number of benzene rings is 1. The molecule has 5 nitrogen and oxygen atoms in total. The van der Waals surface area contributed by atoms with Gasteiger partial charge in [0.1, 0.15) is 5.75 Å². The maximum Gasteiger partial charge on any atom is 0.419 e. The van der Waals surface area contributed by atoms with Crippen molar-refractivity contribution in [2.24, 2.45) is 5.92 Å². The summed E-state index contributed by atoms with van der Waals surface area (Å²) in [5.41, 5.74) is -1.00. The smallest absolute Gasteiger partial charge is 0.419 e. The van der Waals surface area contributed by atoms with Crippen molar-refractivity contribution in [1.82, 2.24) is 4.90 Å². The predicted octanol–water partition coefficient (Wildman–Crippen LogP) is 2.76. The molecule has 0 atom stereocenters. The zero-order valence-electron chi connectivity index (χ0n) is 13.2. The molecule has 2 amide bonds. The van der Waals surface area contributed by atoms with Crippen LogP contribution in [0.15, 0.2) is 36.1 Å². The summed E-state index contributed by atoms with van der Waals surface area (Å²) in [7, 11) is 0. The van der Waals surface area contributed by atoms with E-state index in [0.717, 1.165) is 36.0 Å². The molecule has 134 valence electrons. The summed E-state index contributed by atoms with van der Waals surface area (Å²) in [5, 5.41) is 0. The molecule has 2 aliphatic rings. The molecule has 1 aromatic rings. The van der Waals surface area contributed by atoms with Gasteiger partial charge in [-0.1, -0.05) is 12.1 Å². The van der Waals surface area contributed by atoms with Crippen molar-refractivity contribution in [2.75, 3.05) is 19.8 Å². The number of imide groups is 1. The molecule has 25 heavy (non-hydrogen) atoms. The summed E-state index contributed by atoms with van der Waals surface area (Å²) >= 11 is 0. The summed E-state index contributed by atoms with van der Waals surface area (Å²) in [5.74, 6) is -2.06. The first kappa shape index (κ1) is 17.5. The number of nitrogens with zero attached hydrogens (tertiary/aromatic N) is 1. The van der Waals surface area contributed by atoms with Gasteiger partial charge in [0.05, 0.1) is 11.6 Å². The van der Waals surface area contributed by atoms with Crippen LogP contribution in [0.3, 0.4) is 0 Å². The highest BCUT2D eigenvalue weighted by atomic mass is 19.4. The molecule has 0 N–H and O–H groups in total. The van der Waals surface area contributed by atoms with Gasteiger partial charge in [-0.2, -0.15) is 13.2 Å². The van der Waals surface area contributed by atoms with Crippen molar-refractivity contribution in [2.45, 2.75) is 19.0 Å². The Labute approximate surface area is 142 Å². The van der Waals surface area contributed by atoms with Crippen molar-refractivity contribution >= 4 is 11.8 Å². The maximum absolute atomic E-state index is 13.0. The van der Waals surface area contributed by atoms with Gasteiger partial charge >= 0.3 is 6.18 Å². The van der Waals surface area contributed by atoms with Gasteiger partial charge in [-0.05, 0) is 30.9 Å². The molecular weight excluding hydrogens is 339 g/mol. The maximum atomic E-state index is 13.0. The van der Waals surface area contributed by atoms with Crippen molar-refractivity contribution in [1.29, 1.82) is 0 Å². The Balaban J connectivity index is 1.73. The van der Waals surface area contributed by atoms with Crippen LogP contribution in [-0.2, 0) is 20.5 Å². The van der Waals surface area contributed by atoms with Gasteiger partial charge < -0.3 is 9.47 Å². The number of hydrogen-bond acceptors (Lipinski definition) is 4. The van der Waals surface area contributed by atoms with Gasteiger partial charge in [0.2, 0.25) is 0 Å². The summed E-state index contributed by atoms with van der Waals surface area (Å²) < 4.78 is 49.4. The topological polar surface area (TPSA) is 55.8 Å². The second-order valence-corrected chi connectivity index (χ2v) is 5.91. The molecule has 0 bridgehead atoms. The lowest BCUT2D eigenvalue weighted by Crippen LogP contribution is -2.37. The minimum Gasteiger partial charge on any atom is -0.451 e. The zero-order chi connectivity index (χ0) is 18.0. The van der Waals surface area contributed by atoms with Crippen LogP contribution in [0.1, 0.15) is 18.4 Å². The number of carbonyl (C=O) groups is 2. The SMILES string of the molecule is O=C1C=C(Oc2ccccc2C(F)(F)F)C(=O)N1CC1CCOCC1. The third-order valence-electron chi connectivity index (χ3n) is 4.17. The van der Waals surface area contributed by atoms with Crippen molar-refractivity contribution in [3.63, 3.8) is 0 Å². The number of ether oxygens (including phenoxy) is 2. The Bertz CT molecular complexity index is 708. The van der Waals surface area contributed by atoms with E-state index >= 15 is 0 Å². The minimum atomic E-state index is -4.62. The van der Waals surface area contributed by atoms with E-state index in [1.807, 2.05) is 0 Å². The highest BCUT2D eigenvalue weighted by Crippen LogP contribution is 2.37. The first-order chi connectivity index (χ1) is 11.9. The average Bonchev–Trinajstić information content (AvgIpc) is 2.83.